The Labute approximate surface area is 202 Å². The van der Waals surface area contributed by atoms with Crippen molar-refractivity contribution in [3.8, 4) is 0 Å². The van der Waals surface area contributed by atoms with Crippen LogP contribution in [0.4, 0.5) is 5.13 Å². The maximum atomic E-state index is 12.8. The van der Waals surface area contributed by atoms with Crippen molar-refractivity contribution in [1.82, 2.24) is 10.1 Å². The Morgan fingerprint density at radius 2 is 1.97 bits per heavy atom. The molecular weight excluding hydrogens is 436 g/mol. The van der Waals surface area contributed by atoms with E-state index in [1.165, 1.54) is 0 Å². The van der Waals surface area contributed by atoms with Gasteiger partial charge in [-0.1, -0.05) is 37.3 Å². The smallest absolute Gasteiger partial charge is 0.788 e. The fourth-order valence-corrected chi connectivity index (χ4v) is 4.76. The van der Waals surface area contributed by atoms with E-state index in [1.54, 1.807) is 19.2 Å². The molecule has 2 unspecified atom stereocenters. The van der Waals surface area contributed by atoms with Crippen molar-refractivity contribution in [2.45, 2.75) is 39.2 Å². The summed E-state index contributed by atoms with van der Waals surface area (Å²) in [5.41, 5.74) is 1.32. The first-order chi connectivity index (χ1) is 13.8. The van der Waals surface area contributed by atoms with E-state index in [0.29, 0.717) is 17.2 Å². The van der Waals surface area contributed by atoms with Gasteiger partial charge in [-0.3, -0.25) is 14.7 Å². The number of esters is 1. The van der Waals surface area contributed by atoms with Crippen LogP contribution >= 0.6 is 18.9 Å². The molecule has 11 heteroatoms. The molecule has 0 fully saturated rings. The standard InChI is InChI=1S/C19H26N3O5PS.Na/c1-3-10-28(25,26)22-16(11-14-8-6-5-7-9-14)18(24)21-19-20-15(13-29-19)12-17(23)27-4-2;/h5-9,13,16H,3-4,10-12H2,1-2H3,(H,20,21,24)(H2,22,25,26);/q;+1/p-1. The van der Waals surface area contributed by atoms with Gasteiger partial charge in [0.05, 0.1) is 32.3 Å². The van der Waals surface area contributed by atoms with Crippen molar-refractivity contribution < 1.29 is 53.3 Å². The van der Waals surface area contributed by atoms with Crippen LogP contribution in [0.1, 0.15) is 31.5 Å². The zero-order valence-corrected chi connectivity index (χ0v) is 21.1. The zero-order valence-electron chi connectivity index (χ0n) is 17.4. The van der Waals surface area contributed by atoms with E-state index in [-0.39, 0.29) is 55.2 Å². The van der Waals surface area contributed by atoms with Crippen LogP contribution in [-0.4, -0.2) is 35.7 Å². The van der Waals surface area contributed by atoms with E-state index in [9.17, 15) is 19.0 Å². The molecule has 0 saturated carbocycles. The van der Waals surface area contributed by atoms with Gasteiger partial charge in [-0.2, -0.15) is 0 Å². The Balaban J connectivity index is 0.00000450. The molecule has 0 aliphatic carbocycles. The number of hydrogen-bond donors (Lipinski definition) is 2. The summed E-state index contributed by atoms with van der Waals surface area (Å²) in [5, 5.41) is 7.11. The van der Waals surface area contributed by atoms with Crippen LogP contribution in [0, 0.1) is 0 Å². The Morgan fingerprint density at radius 1 is 1.27 bits per heavy atom. The molecule has 1 aromatic carbocycles. The second-order valence-electron chi connectivity index (χ2n) is 6.38. The maximum absolute atomic E-state index is 12.8. The van der Waals surface area contributed by atoms with Crippen LogP contribution in [0.15, 0.2) is 35.7 Å². The average Bonchev–Trinajstić information content (AvgIpc) is 3.08. The summed E-state index contributed by atoms with van der Waals surface area (Å²) < 4.78 is 17.1. The predicted octanol–water partition coefficient (Wildman–Crippen LogP) is -0.644. The molecule has 2 rings (SSSR count). The minimum Gasteiger partial charge on any atom is -0.788 e. The molecule has 2 N–H and O–H groups in total. The van der Waals surface area contributed by atoms with Crippen LogP contribution in [0.5, 0.6) is 0 Å². The molecule has 1 aromatic heterocycles. The van der Waals surface area contributed by atoms with E-state index in [4.69, 9.17) is 4.74 Å². The Morgan fingerprint density at radius 3 is 2.60 bits per heavy atom. The third kappa shape index (κ3) is 9.39. The molecule has 1 heterocycles. The number of anilines is 1. The number of hydrogen-bond acceptors (Lipinski definition) is 7. The molecule has 2 atom stereocenters. The van der Waals surface area contributed by atoms with E-state index >= 15 is 0 Å². The number of nitrogens with zero attached hydrogens (tertiary/aromatic N) is 1. The third-order valence-corrected chi connectivity index (χ3v) is 6.43. The minimum atomic E-state index is -3.90. The molecule has 0 radical (unpaired) electrons. The number of nitrogens with one attached hydrogen (secondary N) is 2. The van der Waals surface area contributed by atoms with E-state index in [2.05, 4.69) is 15.4 Å². The van der Waals surface area contributed by atoms with Gasteiger partial charge in [0, 0.05) is 11.5 Å². The van der Waals surface area contributed by atoms with Crippen LogP contribution < -0.4 is 44.9 Å². The van der Waals surface area contributed by atoms with Crippen molar-refractivity contribution in [2.24, 2.45) is 0 Å². The molecule has 158 valence electrons. The van der Waals surface area contributed by atoms with Crippen LogP contribution in [0.25, 0.3) is 0 Å². The fourth-order valence-electron chi connectivity index (χ4n) is 2.64. The largest absolute Gasteiger partial charge is 1.00 e. The topological polar surface area (TPSA) is 120 Å². The summed E-state index contributed by atoms with van der Waals surface area (Å²) in [6.45, 7) is 3.77. The molecule has 1 amide bonds. The number of benzene rings is 1. The summed E-state index contributed by atoms with van der Waals surface area (Å²) in [6, 6.07) is 8.20. The summed E-state index contributed by atoms with van der Waals surface area (Å²) in [7, 11) is -3.90. The van der Waals surface area contributed by atoms with Gasteiger partial charge < -0.3 is 19.5 Å². The Kier molecular flexibility index (Phi) is 12.0. The molecular formula is C19H25N3NaO5PS. The molecule has 0 bridgehead atoms. The number of aromatic nitrogens is 1. The Hall–Kier alpha value is -1.06. The van der Waals surface area contributed by atoms with Gasteiger partial charge in [0.25, 0.3) is 0 Å². The van der Waals surface area contributed by atoms with E-state index in [0.717, 1.165) is 16.9 Å². The van der Waals surface area contributed by atoms with Gasteiger partial charge >= 0.3 is 35.5 Å². The molecule has 0 saturated heterocycles. The minimum absolute atomic E-state index is 0. The number of amides is 1. The molecule has 0 aliphatic heterocycles. The predicted molar refractivity (Wildman–Crippen MR) is 111 cm³/mol. The average molecular weight is 461 g/mol. The summed E-state index contributed by atoms with van der Waals surface area (Å²) in [5.74, 6) is -0.899. The molecule has 0 spiro atoms. The van der Waals surface area contributed by atoms with Gasteiger partial charge in [0.15, 0.2) is 5.13 Å². The molecule has 0 aliphatic rings. The zero-order chi connectivity index (χ0) is 21.3. The first-order valence-corrected chi connectivity index (χ1v) is 12.0. The molecule has 30 heavy (non-hydrogen) atoms. The monoisotopic (exact) mass is 461 g/mol. The maximum Gasteiger partial charge on any atom is 1.00 e. The number of ether oxygens (including phenoxy) is 1. The molecule has 2 aromatic rings. The number of rotatable bonds is 11. The molecule has 8 nitrogen and oxygen atoms in total. The number of thiazole rings is 1. The van der Waals surface area contributed by atoms with Crippen molar-refractivity contribution in [3.05, 3.63) is 47.0 Å². The SMILES string of the molecule is CCCP(=O)([O-])NC(Cc1ccccc1)C(=O)Nc1nc(CC(=O)OCC)cs1.[Na+]. The van der Waals surface area contributed by atoms with Gasteiger partial charge in [-0.05, 0) is 25.3 Å². The van der Waals surface area contributed by atoms with Crippen LogP contribution in [0.2, 0.25) is 0 Å². The second kappa shape index (κ2) is 13.4. The summed E-state index contributed by atoms with van der Waals surface area (Å²) in [4.78, 5) is 40.8. The quantitative estimate of drug-likeness (QED) is 0.259. The van der Waals surface area contributed by atoms with Gasteiger partial charge in [-0.15, -0.1) is 11.3 Å². The van der Waals surface area contributed by atoms with Gasteiger partial charge in [-0.25, -0.2) is 4.98 Å². The van der Waals surface area contributed by atoms with Crippen molar-refractivity contribution in [2.75, 3.05) is 18.1 Å². The number of carbonyl (C=O) groups is 2. The van der Waals surface area contributed by atoms with E-state index in [1.807, 2.05) is 30.3 Å². The summed E-state index contributed by atoms with van der Waals surface area (Å²) >= 11 is 1.16. The van der Waals surface area contributed by atoms with Crippen molar-refractivity contribution >= 4 is 35.9 Å². The first-order valence-electron chi connectivity index (χ1n) is 9.35. The van der Waals surface area contributed by atoms with Crippen molar-refractivity contribution in [3.63, 3.8) is 0 Å². The van der Waals surface area contributed by atoms with Crippen LogP contribution in [0.3, 0.4) is 0 Å². The second-order valence-corrected chi connectivity index (χ2v) is 9.29. The van der Waals surface area contributed by atoms with Crippen molar-refractivity contribution in [1.29, 1.82) is 0 Å². The fraction of sp³-hybridized carbons (Fsp3) is 0.421. The van der Waals surface area contributed by atoms with Gasteiger partial charge in [0.1, 0.15) is 0 Å². The summed E-state index contributed by atoms with van der Waals surface area (Å²) in [6.07, 6.45) is 0.644. The Bertz CT molecular complexity index is 865. The van der Waals surface area contributed by atoms with Gasteiger partial charge in [0.2, 0.25) is 5.91 Å². The van der Waals surface area contributed by atoms with Crippen LogP contribution in [-0.2, 0) is 31.7 Å². The normalized spacial score (nSPS) is 13.6. The first kappa shape index (κ1) is 27.0. The van der Waals surface area contributed by atoms with E-state index < -0.39 is 25.4 Å². The third-order valence-electron chi connectivity index (χ3n) is 3.88. The number of carbonyl (C=O) groups excluding carboxylic acids is 2.